The van der Waals surface area contributed by atoms with E-state index in [4.69, 9.17) is 10.5 Å². The van der Waals surface area contributed by atoms with Crippen molar-refractivity contribution in [3.8, 4) is 5.75 Å². The van der Waals surface area contributed by atoms with Crippen LogP contribution >= 0.6 is 0 Å². The zero-order valence-corrected chi connectivity index (χ0v) is 16.2. The number of hydrogen-bond acceptors (Lipinski definition) is 5. The first-order chi connectivity index (χ1) is 13.5. The number of fused-ring (bicyclic) bond motifs is 1. The highest BCUT2D eigenvalue weighted by atomic mass is 16.5. The molecule has 0 fully saturated rings. The lowest BCUT2D eigenvalue weighted by Crippen LogP contribution is -2.45. The highest BCUT2D eigenvalue weighted by molar-refractivity contribution is 5.97. The molecule has 0 bridgehead atoms. The van der Waals surface area contributed by atoms with Gasteiger partial charge in [-0.05, 0) is 31.4 Å². The van der Waals surface area contributed by atoms with Crippen molar-refractivity contribution in [2.75, 3.05) is 23.8 Å². The minimum atomic E-state index is -0.650. The van der Waals surface area contributed by atoms with Crippen LogP contribution in [0.15, 0.2) is 33.9 Å². The van der Waals surface area contributed by atoms with Crippen LogP contribution in [0.1, 0.15) is 32.3 Å². The maximum atomic E-state index is 13.2. The molecule has 2 aromatic rings. The van der Waals surface area contributed by atoms with E-state index in [0.29, 0.717) is 13.0 Å². The second kappa shape index (κ2) is 8.33. The van der Waals surface area contributed by atoms with Gasteiger partial charge in [0.25, 0.3) is 5.56 Å². The average molecular weight is 386 g/mol. The van der Waals surface area contributed by atoms with Gasteiger partial charge in [-0.15, -0.1) is 0 Å². The molecule has 8 heteroatoms. The standard InChI is InChI=1S/C20H26N4O4/c1-3-5-10-24-17(21)16(18(25)22-20(24)27)23(4-2)19(26)14-11-13-8-6-7-9-15(13)28-12-14/h6-9,14H,3-5,10-12,21H2,1-2H3,(H,22,25,27). The van der Waals surface area contributed by atoms with E-state index >= 15 is 0 Å². The van der Waals surface area contributed by atoms with Gasteiger partial charge in [0.1, 0.15) is 18.2 Å². The Bertz CT molecular complexity index is 979. The fourth-order valence-electron chi connectivity index (χ4n) is 3.51. The molecule has 1 aromatic carbocycles. The number of aromatic nitrogens is 2. The number of nitrogens with two attached hydrogens (primary N) is 1. The number of carbonyl (C=O) groups is 1. The molecule has 150 valence electrons. The summed E-state index contributed by atoms with van der Waals surface area (Å²) in [5.41, 5.74) is 5.94. The van der Waals surface area contributed by atoms with Crippen molar-refractivity contribution in [3.05, 3.63) is 50.7 Å². The number of aromatic amines is 1. The number of anilines is 2. The summed E-state index contributed by atoms with van der Waals surface area (Å²) in [4.78, 5) is 41.5. The monoisotopic (exact) mass is 386 g/mol. The number of nitrogens with zero attached hydrogens (tertiary/aromatic N) is 2. The molecule has 0 radical (unpaired) electrons. The molecule has 2 heterocycles. The number of hydrogen-bond donors (Lipinski definition) is 2. The van der Waals surface area contributed by atoms with Crippen LogP contribution < -0.4 is 26.6 Å². The first-order valence-corrected chi connectivity index (χ1v) is 9.62. The van der Waals surface area contributed by atoms with Crippen molar-refractivity contribution in [1.29, 1.82) is 0 Å². The van der Waals surface area contributed by atoms with E-state index in [2.05, 4.69) is 4.98 Å². The van der Waals surface area contributed by atoms with E-state index in [-0.39, 0.29) is 30.6 Å². The van der Waals surface area contributed by atoms with Gasteiger partial charge in [0.05, 0.1) is 5.92 Å². The summed E-state index contributed by atoms with van der Waals surface area (Å²) in [5, 5.41) is 0. The number of nitrogen functional groups attached to an aromatic ring is 1. The summed E-state index contributed by atoms with van der Waals surface area (Å²) in [7, 11) is 0. The minimum absolute atomic E-state index is 0.0227. The molecule has 1 aromatic heterocycles. The predicted molar refractivity (Wildman–Crippen MR) is 108 cm³/mol. The average Bonchev–Trinajstić information content (AvgIpc) is 2.70. The summed E-state index contributed by atoms with van der Waals surface area (Å²) in [5.74, 6) is 0.133. The topological polar surface area (TPSA) is 110 Å². The maximum absolute atomic E-state index is 13.2. The van der Waals surface area contributed by atoms with Gasteiger partial charge in [-0.1, -0.05) is 31.5 Å². The molecular formula is C20H26N4O4. The van der Waals surface area contributed by atoms with E-state index in [1.54, 1.807) is 6.92 Å². The number of para-hydroxylation sites is 1. The van der Waals surface area contributed by atoms with Crippen LogP contribution in [0.5, 0.6) is 5.75 Å². The number of nitrogens with one attached hydrogen (secondary N) is 1. The van der Waals surface area contributed by atoms with Crippen molar-refractivity contribution >= 4 is 17.4 Å². The van der Waals surface area contributed by atoms with Crippen LogP contribution in [-0.4, -0.2) is 28.6 Å². The Balaban J connectivity index is 1.94. The van der Waals surface area contributed by atoms with E-state index in [9.17, 15) is 14.4 Å². The molecule has 0 spiro atoms. The zero-order chi connectivity index (χ0) is 20.3. The Morgan fingerprint density at radius 1 is 1.32 bits per heavy atom. The normalized spacial score (nSPS) is 15.6. The van der Waals surface area contributed by atoms with Gasteiger partial charge in [-0.3, -0.25) is 19.1 Å². The predicted octanol–water partition coefficient (Wildman–Crippen LogP) is 1.52. The van der Waals surface area contributed by atoms with Crippen molar-refractivity contribution in [2.45, 2.75) is 39.7 Å². The van der Waals surface area contributed by atoms with Gasteiger partial charge in [-0.2, -0.15) is 0 Å². The number of rotatable bonds is 6. The van der Waals surface area contributed by atoms with Gasteiger partial charge in [0, 0.05) is 13.1 Å². The molecule has 0 saturated heterocycles. The summed E-state index contributed by atoms with van der Waals surface area (Å²) in [6, 6.07) is 7.59. The van der Waals surface area contributed by atoms with Crippen LogP contribution in [0.25, 0.3) is 0 Å². The first kappa shape index (κ1) is 19.7. The van der Waals surface area contributed by atoms with Gasteiger partial charge in [0.2, 0.25) is 5.91 Å². The summed E-state index contributed by atoms with van der Waals surface area (Å²) in [6.07, 6.45) is 2.14. The Hall–Kier alpha value is -3.03. The zero-order valence-electron chi connectivity index (χ0n) is 16.2. The van der Waals surface area contributed by atoms with Crippen LogP contribution in [0.2, 0.25) is 0 Å². The Kier molecular flexibility index (Phi) is 5.87. The Morgan fingerprint density at radius 2 is 2.07 bits per heavy atom. The largest absolute Gasteiger partial charge is 0.492 e. The summed E-state index contributed by atoms with van der Waals surface area (Å²) >= 11 is 0. The third-order valence-electron chi connectivity index (χ3n) is 5.03. The lowest BCUT2D eigenvalue weighted by molar-refractivity contribution is -0.123. The quantitative estimate of drug-likeness (QED) is 0.782. The van der Waals surface area contributed by atoms with Crippen molar-refractivity contribution in [3.63, 3.8) is 0 Å². The van der Waals surface area contributed by atoms with Gasteiger partial charge in [0.15, 0.2) is 5.69 Å². The first-order valence-electron chi connectivity index (χ1n) is 9.62. The van der Waals surface area contributed by atoms with E-state index in [1.807, 2.05) is 31.2 Å². The SMILES string of the molecule is CCCCn1c(N)c(N(CC)C(=O)C2COc3ccccc3C2)c(=O)[nH]c1=O. The number of amides is 1. The lowest BCUT2D eigenvalue weighted by atomic mass is 9.95. The molecular weight excluding hydrogens is 360 g/mol. The fourth-order valence-corrected chi connectivity index (χ4v) is 3.51. The van der Waals surface area contributed by atoms with Crippen LogP contribution in [0, 0.1) is 5.92 Å². The van der Waals surface area contributed by atoms with E-state index in [0.717, 1.165) is 24.2 Å². The molecule has 1 unspecified atom stereocenters. The molecule has 3 rings (SSSR count). The van der Waals surface area contributed by atoms with Gasteiger partial charge >= 0.3 is 5.69 Å². The minimum Gasteiger partial charge on any atom is -0.492 e. The maximum Gasteiger partial charge on any atom is 0.330 e. The molecule has 0 aliphatic carbocycles. The number of carbonyl (C=O) groups excluding carboxylic acids is 1. The van der Waals surface area contributed by atoms with Crippen molar-refractivity contribution in [2.24, 2.45) is 5.92 Å². The van der Waals surface area contributed by atoms with Crippen LogP contribution in [-0.2, 0) is 17.8 Å². The molecule has 3 N–H and O–H groups in total. The Morgan fingerprint density at radius 3 is 2.79 bits per heavy atom. The molecule has 0 saturated carbocycles. The third-order valence-corrected chi connectivity index (χ3v) is 5.03. The fraction of sp³-hybridized carbons (Fsp3) is 0.450. The molecule has 1 amide bonds. The molecule has 1 aliphatic rings. The van der Waals surface area contributed by atoms with Gasteiger partial charge in [-0.25, -0.2) is 4.79 Å². The smallest absolute Gasteiger partial charge is 0.330 e. The van der Waals surface area contributed by atoms with Crippen LogP contribution in [0.4, 0.5) is 11.5 Å². The number of H-pyrrole nitrogens is 1. The molecule has 1 aliphatic heterocycles. The third kappa shape index (κ3) is 3.67. The highest BCUT2D eigenvalue weighted by Gasteiger charge is 2.32. The second-order valence-electron chi connectivity index (χ2n) is 6.90. The number of ether oxygens (including phenoxy) is 1. The van der Waals surface area contributed by atoms with E-state index < -0.39 is 17.2 Å². The summed E-state index contributed by atoms with van der Waals surface area (Å²) in [6.45, 7) is 4.65. The molecule has 8 nitrogen and oxygen atoms in total. The van der Waals surface area contributed by atoms with Crippen molar-refractivity contribution < 1.29 is 9.53 Å². The van der Waals surface area contributed by atoms with Crippen molar-refractivity contribution in [1.82, 2.24) is 9.55 Å². The lowest BCUT2D eigenvalue weighted by Gasteiger charge is -2.30. The molecule has 1 atom stereocenters. The molecule has 28 heavy (non-hydrogen) atoms. The highest BCUT2D eigenvalue weighted by Crippen LogP contribution is 2.29. The van der Waals surface area contributed by atoms with Crippen LogP contribution in [0.3, 0.4) is 0 Å². The van der Waals surface area contributed by atoms with Gasteiger partial charge < -0.3 is 15.4 Å². The number of benzene rings is 1. The number of unbranched alkanes of at least 4 members (excludes halogenated alkanes) is 1. The van der Waals surface area contributed by atoms with E-state index in [1.165, 1.54) is 9.47 Å². The second-order valence-corrected chi connectivity index (χ2v) is 6.90. The Labute approximate surface area is 162 Å². The summed E-state index contributed by atoms with van der Waals surface area (Å²) < 4.78 is 7.05.